The Bertz CT molecular complexity index is 2290. The summed E-state index contributed by atoms with van der Waals surface area (Å²) < 4.78 is 2.04. The summed E-state index contributed by atoms with van der Waals surface area (Å²) in [6.45, 7) is 46.9. The van der Waals surface area contributed by atoms with Crippen molar-refractivity contribution in [2.45, 2.75) is 235 Å². The Morgan fingerprint density at radius 2 is 0.833 bits per heavy atom. The van der Waals surface area contributed by atoms with Gasteiger partial charge < -0.3 is 10.2 Å². The van der Waals surface area contributed by atoms with Crippen LogP contribution in [0.25, 0.3) is 12.2 Å². The Labute approximate surface area is 563 Å². The van der Waals surface area contributed by atoms with Crippen molar-refractivity contribution in [2.75, 3.05) is 34.2 Å². The first kappa shape index (κ1) is 97.5. The summed E-state index contributed by atoms with van der Waals surface area (Å²) in [5.41, 5.74) is 11.1. The smallest absolute Gasteiger partial charge is 0.168 e. The Hall–Kier alpha value is -6.13. The van der Waals surface area contributed by atoms with Crippen LogP contribution in [-0.2, 0) is 39.2 Å². The van der Waals surface area contributed by atoms with Crippen molar-refractivity contribution in [2.24, 2.45) is 13.0 Å². The highest BCUT2D eigenvalue weighted by molar-refractivity contribution is 5.49. The predicted octanol–water partition coefficient (Wildman–Crippen LogP) is 25.9. The maximum atomic E-state index is 2.75. The molecule has 2 heterocycles. The number of nitrogens with one attached hydrogen (secondary N) is 1. The van der Waals surface area contributed by atoms with Crippen LogP contribution in [0.15, 0.2) is 218 Å². The van der Waals surface area contributed by atoms with E-state index in [1.807, 2.05) is 136 Å². The molecular weight excluding hydrogens is 1090 g/mol. The zero-order chi connectivity index (χ0) is 69.5. The SMILES string of the molecule is CC.CC.CC=CC=C(C)CC.CC=CC=CCC.CC=CC=CCCC.CC=Cc1ccccc1.CCC.CCC1CCN(C)CC1.CCC=Cc1ccc(CC)cc1.CCc1cc[n+](C)cc1.CCc1ccc(CC)cc1.CCc1ccccc1.CNC. The number of aryl methyl sites for hydroxylation is 6. The number of nitrogens with zero attached hydrogens (tertiary/aromatic N) is 2. The van der Waals surface area contributed by atoms with E-state index in [0.29, 0.717) is 0 Å². The lowest BCUT2D eigenvalue weighted by molar-refractivity contribution is -0.671. The molecule has 1 N–H and O–H groups in total. The third kappa shape index (κ3) is 76.1. The van der Waals surface area contributed by atoms with Crippen LogP contribution < -0.4 is 9.88 Å². The molecule has 90 heavy (non-hydrogen) atoms. The summed E-state index contributed by atoms with van der Waals surface area (Å²) in [6.07, 6.45) is 52.4. The maximum Gasteiger partial charge on any atom is 0.168 e. The minimum atomic E-state index is 1.03. The normalized spacial score (nSPS) is 11.5. The standard InChI is InChI=1S/C12H16.C10H14.C9H10.C8H17N.C8H12N.C8H10.2C8H14.C7H12.C3H8.C2H7N.2C2H6/c1-3-5-6-12-9-7-11(4-2)8-10-12;1-3-9-5-7-10(4-2)8-6-9;1-2-6-9-7-4-3-5-8-9;2*1-3-8-4-6-9(2)7-5-8;1-2-8-6-4-3-5-7-8;1-4-6-7-8(3)5-2;1-3-5-7-8-6-4-2;1-3-5-7-6-4-2;2*1-3-2;2*1-2/h5-10H,3-4H2,1-2H3;5-8H,3-4H2,1-2H3;2-8H,1H3;8H,3-7H2,1-2H3;4-7H,3H2,1-2H3;3-7H,2H2,1H3;4,6-7H,5H2,1-3H3;3,5,7-8H,4,6H2,1-2H3;3,5-7H,4H2,1-2H3;3H2,1-2H3;3H,1-2H3;2*1-2H3/q;;;;+1;;;;;;;;. The molecular formula is C87H146N3+. The van der Waals surface area contributed by atoms with Gasteiger partial charge in [0.05, 0.1) is 0 Å². The van der Waals surface area contributed by atoms with Crippen LogP contribution in [0.1, 0.15) is 242 Å². The first-order valence-corrected chi connectivity index (χ1v) is 35.3. The zero-order valence-corrected chi connectivity index (χ0v) is 63.6. The van der Waals surface area contributed by atoms with Gasteiger partial charge in [-0.15, -0.1) is 0 Å². The number of pyridine rings is 1. The first-order chi connectivity index (χ1) is 43.7. The molecule has 1 aromatic heterocycles. The van der Waals surface area contributed by atoms with E-state index in [4.69, 9.17) is 0 Å². The Balaban J connectivity index is -0.000000170. The summed E-state index contributed by atoms with van der Waals surface area (Å²) in [4.78, 5) is 2.42. The molecule has 0 spiro atoms. The highest BCUT2D eigenvalue weighted by Crippen LogP contribution is 2.18. The van der Waals surface area contributed by atoms with E-state index in [-0.39, 0.29) is 0 Å². The van der Waals surface area contributed by atoms with Crippen molar-refractivity contribution < 1.29 is 4.57 Å². The second-order valence-corrected chi connectivity index (χ2v) is 20.8. The average Bonchev–Trinajstić information content (AvgIpc) is 3.68. The third-order valence-corrected chi connectivity index (χ3v) is 12.8. The number of rotatable bonds is 16. The van der Waals surface area contributed by atoms with Crippen LogP contribution in [0.2, 0.25) is 0 Å². The number of unbranched alkanes of at least 4 members (excludes halogenated alkanes) is 1. The molecule has 4 aromatic carbocycles. The lowest BCUT2D eigenvalue weighted by Crippen LogP contribution is -2.29. The number of aromatic nitrogens is 1. The molecule has 1 aliphatic heterocycles. The summed E-state index contributed by atoms with van der Waals surface area (Å²) in [5.74, 6) is 1.03. The van der Waals surface area contributed by atoms with Crippen LogP contribution in [0.3, 0.4) is 0 Å². The van der Waals surface area contributed by atoms with Crippen molar-refractivity contribution in [1.29, 1.82) is 0 Å². The van der Waals surface area contributed by atoms with E-state index in [1.165, 1.54) is 96.1 Å². The highest BCUT2D eigenvalue weighted by atomic mass is 15.1. The third-order valence-electron chi connectivity index (χ3n) is 12.8. The Kier molecular flexibility index (Phi) is 92.0. The number of piperidine rings is 1. The summed E-state index contributed by atoms with van der Waals surface area (Å²) in [5, 5.41) is 2.75. The molecule has 0 atom stereocenters. The number of hydrogen-bond acceptors (Lipinski definition) is 2. The highest BCUT2D eigenvalue weighted by Gasteiger charge is 2.13. The maximum absolute atomic E-state index is 2.75. The molecule has 0 aliphatic carbocycles. The van der Waals surface area contributed by atoms with E-state index in [9.17, 15) is 0 Å². The van der Waals surface area contributed by atoms with E-state index < -0.39 is 0 Å². The number of benzene rings is 4. The van der Waals surface area contributed by atoms with E-state index in [0.717, 1.165) is 57.3 Å². The van der Waals surface area contributed by atoms with Crippen LogP contribution in [0, 0.1) is 5.92 Å². The summed E-state index contributed by atoms with van der Waals surface area (Å²) >= 11 is 0. The van der Waals surface area contributed by atoms with Gasteiger partial charge in [0.2, 0.25) is 0 Å². The number of allylic oxidation sites excluding steroid dienone is 14. The first-order valence-electron chi connectivity index (χ1n) is 35.3. The molecule has 0 bridgehead atoms. The molecule has 508 valence electrons. The van der Waals surface area contributed by atoms with Gasteiger partial charge in [-0.25, -0.2) is 4.57 Å². The summed E-state index contributed by atoms with van der Waals surface area (Å²) in [7, 11) is 7.99. The largest absolute Gasteiger partial charge is 0.323 e. The van der Waals surface area contributed by atoms with Crippen LogP contribution >= 0.6 is 0 Å². The van der Waals surface area contributed by atoms with Gasteiger partial charge in [-0.3, -0.25) is 0 Å². The summed E-state index contributed by atoms with van der Waals surface area (Å²) in [6, 6.07) is 42.5. The van der Waals surface area contributed by atoms with Crippen molar-refractivity contribution in [3.05, 3.63) is 257 Å². The second-order valence-electron chi connectivity index (χ2n) is 20.8. The van der Waals surface area contributed by atoms with Gasteiger partial charge in [-0.2, -0.15) is 0 Å². The number of likely N-dealkylation sites (tertiary alicyclic amines) is 1. The van der Waals surface area contributed by atoms with Gasteiger partial charge in [0.25, 0.3) is 0 Å². The topological polar surface area (TPSA) is 19.1 Å². The van der Waals surface area contributed by atoms with E-state index in [2.05, 4.69) is 277 Å². The Morgan fingerprint density at radius 1 is 0.467 bits per heavy atom. The van der Waals surface area contributed by atoms with Crippen LogP contribution in [-0.4, -0.2) is 39.1 Å². The molecule has 3 heteroatoms. The predicted molar refractivity (Wildman–Crippen MR) is 420 cm³/mol. The van der Waals surface area contributed by atoms with Crippen molar-refractivity contribution in [1.82, 2.24) is 10.2 Å². The Morgan fingerprint density at radius 3 is 1.18 bits per heavy atom. The molecule has 1 aliphatic rings. The average molecular weight is 1230 g/mol. The fourth-order valence-electron chi connectivity index (χ4n) is 6.99. The zero-order valence-electron chi connectivity index (χ0n) is 63.6. The van der Waals surface area contributed by atoms with Gasteiger partial charge in [-0.1, -0.05) is 336 Å². The molecule has 0 amide bonds. The lowest BCUT2D eigenvalue weighted by atomic mass is 9.95. The molecule has 1 fully saturated rings. The number of hydrogen-bond donors (Lipinski definition) is 1. The fraction of sp³-hybridized carbons (Fsp3) is 0.483. The van der Waals surface area contributed by atoms with E-state index in [1.54, 1.807) is 0 Å². The van der Waals surface area contributed by atoms with Gasteiger partial charge in [-0.05, 0) is 184 Å². The van der Waals surface area contributed by atoms with Crippen molar-refractivity contribution in [3.8, 4) is 0 Å². The molecule has 0 saturated carbocycles. The fourth-order valence-corrected chi connectivity index (χ4v) is 6.99. The van der Waals surface area contributed by atoms with Gasteiger partial charge in [0.15, 0.2) is 12.4 Å². The minimum Gasteiger partial charge on any atom is -0.323 e. The van der Waals surface area contributed by atoms with Gasteiger partial charge in [0, 0.05) is 12.1 Å². The molecule has 1 saturated heterocycles. The van der Waals surface area contributed by atoms with Gasteiger partial charge >= 0.3 is 0 Å². The van der Waals surface area contributed by atoms with Crippen molar-refractivity contribution >= 4 is 12.2 Å². The molecule has 0 radical (unpaired) electrons. The molecule has 5 aromatic rings. The van der Waals surface area contributed by atoms with E-state index >= 15 is 0 Å². The lowest BCUT2D eigenvalue weighted by Gasteiger charge is -2.27. The van der Waals surface area contributed by atoms with Crippen molar-refractivity contribution in [3.63, 3.8) is 0 Å². The second kappa shape index (κ2) is 84.9. The monoisotopic (exact) mass is 1230 g/mol. The quantitative estimate of drug-likeness (QED) is 0.0784. The molecule has 0 unspecified atom stereocenters. The van der Waals surface area contributed by atoms with Crippen LogP contribution in [0.5, 0.6) is 0 Å². The minimum absolute atomic E-state index is 1.03. The van der Waals surface area contributed by atoms with Gasteiger partial charge in [0.1, 0.15) is 7.05 Å². The molecule has 3 nitrogen and oxygen atoms in total. The molecule has 6 rings (SSSR count). The van der Waals surface area contributed by atoms with Crippen LogP contribution in [0.4, 0.5) is 0 Å².